The molecule has 0 aliphatic carbocycles. The first kappa shape index (κ1) is 20.2. The molecule has 0 aromatic heterocycles. The monoisotopic (exact) mass is 304 g/mol. The highest BCUT2D eigenvalue weighted by molar-refractivity contribution is 5.25. The molecule has 3 heteroatoms. The number of aliphatic hydroxyl groups excluding tert-OH is 2. The average Bonchev–Trinajstić information content (AvgIpc) is 2.64. The lowest BCUT2D eigenvalue weighted by Gasteiger charge is -2.23. The smallest absolute Gasteiger partial charge is 0.152 e. The van der Waals surface area contributed by atoms with Crippen LogP contribution in [0, 0.1) is 0 Å². The summed E-state index contributed by atoms with van der Waals surface area (Å²) in [6.45, 7) is 7.66. The van der Waals surface area contributed by atoms with E-state index in [4.69, 9.17) is 9.84 Å². The summed E-state index contributed by atoms with van der Waals surface area (Å²) in [6, 6.07) is 18.6. The molecule has 0 unspecified atom stereocenters. The highest BCUT2D eigenvalue weighted by Crippen LogP contribution is 2.24. The standard InChI is InChI=1S/C15H16O3.2C2H6/c16-11-14(17)15(12-7-3-1-4-8-12)18-13-9-5-2-6-10-13;2*1-2/h1-10,14-17H,11H2;2*1-2H3/t14-,15+;;/m1../s1. The molecule has 2 rings (SSSR count). The van der Waals surface area contributed by atoms with Crippen molar-refractivity contribution >= 4 is 0 Å². The van der Waals surface area contributed by atoms with Gasteiger partial charge in [0.1, 0.15) is 11.9 Å². The van der Waals surface area contributed by atoms with Crippen molar-refractivity contribution in [1.29, 1.82) is 0 Å². The predicted molar refractivity (Wildman–Crippen MR) is 92.0 cm³/mol. The van der Waals surface area contributed by atoms with Crippen molar-refractivity contribution in [3.63, 3.8) is 0 Å². The predicted octanol–water partition coefficient (Wildman–Crippen LogP) is 4.21. The fourth-order valence-electron chi connectivity index (χ4n) is 1.75. The van der Waals surface area contributed by atoms with E-state index in [9.17, 15) is 5.11 Å². The van der Waals surface area contributed by atoms with Crippen molar-refractivity contribution in [3.05, 3.63) is 66.2 Å². The van der Waals surface area contributed by atoms with Crippen LogP contribution in [0.25, 0.3) is 0 Å². The number of rotatable bonds is 5. The Morgan fingerprint density at radius 2 is 1.27 bits per heavy atom. The number of aliphatic hydroxyl groups is 2. The zero-order valence-electron chi connectivity index (χ0n) is 13.9. The van der Waals surface area contributed by atoms with Crippen LogP contribution in [0.3, 0.4) is 0 Å². The number of ether oxygens (including phenoxy) is 1. The molecule has 2 aromatic carbocycles. The molecule has 0 fully saturated rings. The van der Waals surface area contributed by atoms with Crippen LogP contribution in [-0.2, 0) is 0 Å². The van der Waals surface area contributed by atoms with Gasteiger partial charge in [0.05, 0.1) is 6.61 Å². The topological polar surface area (TPSA) is 49.7 Å². The molecule has 0 spiro atoms. The molecule has 0 amide bonds. The van der Waals surface area contributed by atoms with Crippen molar-refractivity contribution in [2.75, 3.05) is 6.61 Å². The summed E-state index contributed by atoms with van der Waals surface area (Å²) in [5, 5.41) is 19.0. The Kier molecular flexibility index (Phi) is 11.8. The minimum atomic E-state index is -0.951. The van der Waals surface area contributed by atoms with Gasteiger partial charge in [0, 0.05) is 0 Å². The second-order valence-electron chi connectivity index (χ2n) is 4.01. The number of para-hydroxylation sites is 1. The first-order chi connectivity index (χ1) is 10.8. The third kappa shape index (κ3) is 6.74. The van der Waals surface area contributed by atoms with E-state index < -0.39 is 12.2 Å². The van der Waals surface area contributed by atoms with Gasteiger partial charge in [0.15, 0.2) is 6.10 Å². The molecular formula is C19H28O3. The Morgan fingerprint density at radius 1 is 0.818 bits per heavy atom. The molecule has 22 heavy (non-hydrogen) atoms. The fraction of sp³-hybridized carbons (Fsp3) is 0.368. The summed E-state index contributed by atoms with van der Waals surface area (Å²) in [5.74, 6) is 0.666. The van der Waals surface area contributed by atoms with Gasteiger partial charge >= 0.3 is 0 Å². The molecule has 0 saturated heterocycles. The second kappa shape index (κ2) is 12.9. The normalized spacial score (nSPS) is 11.9. The van der Waals surface area contributed by atoms with E-state index in [0.29, 0.717) is 5.75 Å². The lowest BCUT2D eigenvalue weighted by molar-refractivity contribution is -0.00189. The van der Waals surface area contributed by atoms with Crippen molar-refractivity contribution in [3.8, 4) is 5.75 Å². The SMILES string of the molecule is CC.CC.OC[C@@H](O)[C@@H](Oc1ccccc1)c1ccccc1. The van der Waals surface area contributed by atoms with Crippen LogP contribution in [0.4, 0.5) is 0 Å². The average molecular weight is 304 g/mol. The third-order valence-electron chi connectivity index (χ3n) is 2.67. The van der Waals surface area contributed by atoms with Gasteiger partial charge in [-0.1, -0.05) is 76.2 Å². The minimum Gasteiger partial charge on any atom is -0.483 e. The van der Waals surface area contributed by atoms with Gasteiger partial charge in [-0.3, -0.25) is 0 Å². The zero-order chi connectivity index (χ0) is 16.8. The zero-order valence-corrected chi connectivity index (χ0v) is 13.9. The Hall–Kier alpha value is -1.84. The van der Waals surface area contributed by atoms with E-state index in [-0.39, 0.29) is 6.61 Å². The second-order valence-corrected chi connectivity index (χ2v) is 4.01. The Labute approximate surface area is 134 Å². The molecule has 0 aliphatic heterocycles. The quantitative estimate of drug-likeness (QED) is 0.870. The van der Waals surface area contributed by atoms with E-state index in [1.807, 2.05) is 88.4 Å². The summed E-state index contributed by atoms with van der Waals surface area (Å²) in [4.78, 5) is 0. The molecule has 0 heterocycles. The van der Waals surface area contributed by atoms with Crippen LogP contribution in [-0.4, -0.2) is 22.9 Å². The highest BCUT2D eigenvalue weighted by atomic mass is 16.5. The van der Waals surface area contributed by atoms with Crippen LogP contribution < -0.4 is 4.74 Å². The molecule has 2 N–H and O–H groups in total. The number of hydrogen-bond acceptors (Lipinski definition) is 3. The molecular weight excluding hydrogens is 276 g/mol. The van der Waals surface area contributed by atoms with Gasteiger partial charge in [0.2, 0.25) is 0 Å². The largest absolute Gasteiger partial charge is 0.483 e. The van der Waals surface area contributed by atoms with Gasteiger partial charge in [-0.05, 0) is 17.7 Å². The van der Waals surface area contributed by atoms with E-state index >= 15 is 0 Å². The van der Waals surface area contributed by atoms with Crippen LogP contribution in [0.15, 0.2) is 60.7 Å². The van der Waals surface area contributed by atoms with Crippen LogP contribution in [0.5, 0.6) is 5.75 Å². The maximum atomic E-state index is 9.86. The van der Waals surface area contributed by atoms with Gasteiger partial charge in [-0.2, -0.15) is 0 Å². The Bertz CT molecular complexity index is 457. The van der Waals surface area contributed by atoms with Crippen LogP contribution in [0.2, 0.25) is 0 Å². The third-order valence-corrected chi connectivity index (χ3v) is 2.67. The summed E-state index contributed by atoms with van der Waals surface area (Å²) < 4.78 is 5.74. The molecule has 0 aliphatic rings. The Balaban J connectivity index is 0.00000102. The molecule has 3 nitrogen and oxygen atoms in total. The number of hydrogen-bond donors (Lipinski definition) is 2. The summed E-state index contributed by atoms with van der Waals surface area (Å²) in [7, 11) is 0. The Morgan fingerprint density at radius 3 is 1.73 bits per heavy atom. The lowest BCUT2D eigenvalue weighted by atomic mass is 10.0. The van der Waals surface area contributed by atoms with E-state index in [2.05, 4.69) is 0 Å². The van der Waals surface area contributed by atoms with Gasteiger partial charge in [0.25, 0.3) is 0 Å². The molecule has 2 atom stereocenters. The summed E-state index contributed by atoms with van der Waals surface area (Å²) >= 11 is 0. The lowest BCUT2D eigenvalue weighted by Crippen LogP contribution is -2.27. The molecule has 2 aromatic rings. The van der Waals surface area contributed by atoms with Crippen molar-refractivity contribution in [2.24, 2.45) is 0 Å². The maximum absolute atomic E-state index is 9.86. The summed E-state index contributed by atoms with van der Waals surface area (Å²) in [6.07, 6.45) is -1.52. The van der Waals surface area contributed by atoms with Gasteiger partial charge < -0.3 is 14.9 Å². The molecule has 0 saturated carbocycles. The van der Waals surface area contributed by atoms with E-state index in [1.54, 1.807) is 0 Å². The van der Waals surface area contributed by atoms with Gasteiger partial charge in [-0.25, -0.2) is 0 Å². The maximum Gasteiger partial charge on any atom is 0.152 e. The minimum absolute atomic E-state index is 0.341. The molecule has 0 radical (unpaired) electrons. The van der Waals surface area contributed by atoms with Crippen molar-refractivity contribution < 1.29 is 14.9 Å². The van der Waals surface area contributed by atoms with E-state index in [0.717, 1.165) is 5.56 Å². The first-order valence-corrected chi connectivity index (χ1v) is 7.87. The van der Waals surface area contributed by atoms with Crippen LogP contribution in [0.1, 0.15) is 39.4 Å². The van der Waals surface area contributed by atoms with Crippen molar-refractivity contribution in [1.82, 2.24) is 0 Å². The van der Waals surface area contributed by atoms with E-state index in [1.165, 1.54) is 0 Å². The summed E-state index contributed by atoms with van der Waals surface area (Å²) in [5.41, 5.74) is 0.836. The first-order valence-electron chi connectivity index (χ1n) is 7.87. The van der Waals surface area contributed by atoms with Gasteiger partial charge in [-0.15, -0.1) is 0 Å². The fourth-order valence-corrected chi connectivity index (χ4v) is 1.75. The number of benzene rings is 2. The van der Waals surface area contributed by atoms with Crippen LogP contribution >= 0.6 is 0 Å². The molecule has 122 valence electrons. The highest BCUT2D eigenvalue weighted by Gasteiger charge is 2.22. The van der Waals surface area contributed by atoms with Crippen molar-refractivity contribution in [2.45, 2.75) is 39.9 Å². The molecule has 0 bridgehead atoms.